The fourth-order valence-electron chi connectivity index (χ4n) is 5.59. The molecule has 0 bridgehead atoms. The number of carbonyl (C=O) groups excluding carboxylic acids is 2. The van der Waals surface area contributed by atoms with E-state index in [1.54, 1.807) is 6.92 Å². The zero-order valence-electron chi connectivity index (χ0n) is 21.9. The van der Waals surface area contributed by atoms with E-state index in [1.807, 2.05) is 35.1 Å². The van der Waals surface area contributed by atoms with Crippen LogP contribution in [0.2, 0.25) is 0 Å². The molecule has 0 saturated carbocycles. The van der Waals surface area contributed by atoms with Gasteiger partial charge in [-0.15, -0.1) is 0 Å². The second kappa shape index (κ2) is 10.0. The van der Waals surface area contributed by atoms with Crippen molar-refractivity contribution in [2.45, 2.75) is 26.7 Å². The molecule has 194 valence electrons. The lowest BCUT2D eigenvalue weighted by Crippen LogP contribution is -2.46. The van der Waals surface area contributed by atoms with E-state index in [0.29, 0.717) is 5.65 Å². The maximum Gasteiger partial charge on any atom is 0.254 e. The highest BCUT2D eigenvalue weighted by Gasteiger charge is 2.21. The van der Waals surface area contributed by atoms with Crippen LogP contribution < -0.4 is 5.32 Å². The highest BCUT2D eigenvalue weighted by atomic mass is 16.2. The molecule has 8 nitrogen and oxygen atoms in total. The van der Waals surface area contributed by atoms with Gasteiger partial charge in [0.15, 0.2) is 5.65 Å². The molecular weight excluding hydrogens is 476 g/mol. The molecule has 2 amide bonds. The first-order chi connectivity index (χ1) is 18.5. The van der Waals surface area contributed by atoms with Crippen LogP contribution in [0, 0.1) is 6.92 Å². The van der Waals surface area contributed by atoms with Crippen LogP contribution in [-0.4, -0.2) is 76.1 Å². The molecule has 0 spiro atoms. The van der Waals surface area contributed by atoms with Gasteiger partial charge in [0.05, 0.1) is 5.69 Å². The van der Waals surface area contributed by atoms with Crippen molar-refractivity contribution in [3.8, 4) is 22.4 Å². The average molecular weight is 509 g/mol. The molecular formula is C30H32N6O2. The number of hydrogen-bond donors (Lipinski definition) is 2. The highest BCUT2D eigenvalue weighted by molar-refractivity contribution is 5.98. The van der Waals surface area contributed by atoms with Gasteiger partial charge in [-0.25, -0.2) is 4.98 Å². The fourth-order valence-corrected chi connectivity index (χ4v) is 5.59. The van der Waals surface area contributed by atoms with Crippen LogP contribution in [0.3, 0.4) is 0 Å². The van der Waals surface area contributed by atoms with Gasteiger partial charge in [0.2, 0.25) is 5.91 Å². The second-order valence-electron chi connectivity index (χ2n) is 10.3. The standard InChI is InChI=1S/C30H32N6O2/c1-19-15-24(5-6-26(19)30(38)36-13-9-31-10-14-36)28-27-17-25(18-32-29(27)34-33-28)22-4-3-21-7-11-35(20(2)37)12-8-23(21)16-22/h3-6,15-18,31H,7-14H2,1-2H3,(H,32,33,34). The molecule has 2 aliphatic heterocycles. The van der Waals surface area contributed by atoms with Crippen molar-refractivity contribution in [2.24, 2.45) is 0 Å². The van der Waals surface area contributed by atoms with Gasteiger partial charge in [-0.2, -0.15) is 5.10 Å². The monoisotopic (exact) mass is 508 g/mol. The normalized spacial score (nSPS) is 15.8. The number of pyridine rings is 1. The van der Waals surface area contributed by atoms with Gasteiger partial charge in [0.25, 0.3) is 5.91 Å². The molecule has 2 aromatic heterocycles. The lowest BCUT2D eigenvalue weighted by Gasteiger charge is -2.28. The largest absolute Gasteiger partial charge is 0.342 e. The number of rotatable bonds is 3. The molecule has 0 aliphatic carbocycles. The van der Waals surface area contributed by atoms with Gasteiger partial charge in [-0.1, -0.05) is 24.3 Å². The molecule has 4 heterocycles. The second-order valence-corrected chi connectivity index (χ2v) is 10.3. The van der Waals surface area contributed by atoms with Crippen LogP contribution >= 0.6 is 0 Å². The Kier molecular flexibility index (Phi) is 6.41. The number of fused-ring (bicyclic) bond motifs is 2. The van der Waals surface area contributed by atoms with Crippen LogP contribution in [0.25, 0.3) is 33.4 Å². The number of piperazine rings is 1. The van der Waals surface area contributed by atoms with Crippen molar-refractivity contribution in [2.75, 3.05) is 39.3 Å². The Hall–Kier alpha value is -4.04. The minimum Gasteiger partial charge on any atom is -0.342 e. The number of benzene rings is 2. The Morgan fingerprint density at radius 2 is 1.61 bits per heavy atom. The number of aromatic nitrogens is 3. The molecule has 6 rings (SSSR count). The topological polar surface area (TPSA) is 94.2 Å². The van der Waals surface area contributed by atoms with E-state index in [0.717, 1.165) is 91.0 Å². The Balaban J connectivity index is 1.30. The summed E-state index contributed by atoms with van der Waals surface area (Å²) in [6, 6.07) is 14.7. The summed E-state index contributed by atoms with van der Waals surface area (Å²) in [4.78, 5) is 33.4. The Labute approximate surface area is 222 Å². The highest BCUT2D eigenvalue weighted by Crippen LogP contribution is 2.32. The number of nitrogens with zero attached hydrogens (tertiary/aromatic N) is 4. The molecule has 0 radical (unpaired) electrons. The lowest BCUT2D eigenvalue weighted by atomic mass is 9.96. The first-order valence-corrected chi connectivity index (χ1v) is 13.3. The summed E-state index contributed by atoms with van der Waals surface area (Å²) in [5.74, 6) is 0.222. The van der Waals surface area contributed by atoms with Crippen molar-refractivity contribution in [3.63, 3.8) is 0 Å². The number of H-pyrrole nitrogens is 1. The SMILES string of the molecule is CC(=O)N1CCc2ccc(-c3cnc4n[nH]c(-c5ccc(C(=O)N6CCNCC6)c(C)c5)c4c3)cc2CC1. The van der Waals surface area contributed by atoms with Crippen LogP contribution in [0.4, 0.5) is 0 Å². The summed E-state index contributed by atoms with van der Waals surface area (Å²) in [7, 11) is 0. The number of amides is 2. The third-order valence-electron chi connectivity index (χ3n) is 7.85. The molecule has 38 heavy (non-hydrogen) atoms. The van der Waals surface area contributed by atoms with Crippen molar-refractivity contribution in [1.29, 1.82) is 0 Å². The summed E-state index contributed by atoms with van der Waals surface area (Å²) in [5.41, 5.74) is 8.95. The van der Waals surface area contributed by atoms with Gasteiger partial charge in [0, 0.05) is 74.5 Å². The van der Waals surface area contributed by atoms with E-state index in [-0.39, 0.29) is 11.8 Å². The molecule has 4 aromatic rings. The van der Waals surface area contributed by atoms with Crippen molar-refractivity contribution < 1.29 is 9.59 Å². The Morgan fingerprint density at radius 1 is 0.842 bits per heavy atom. The van der Waals surface area contributed by atoms with Crippen molar-refractivity contribution >= 4 is 22.8 Å². The summed E-state index contributed by atoms with van der Waals surface area (Å²) in [6.45, 7) is 8.29. The van der Waals surface area contributed by atoms with E-state index < -0.39 is 0 Å². The smallest absolute Gasteiger partial charge is 0.254 e. The third kappa shape index (κ3) is 4.56. The maximum absolute atomic E-state index is 13.1. The summed E-state index contributed by atoms with van der Waals surface area (Å²) < 4.78 is 0. The van der Waals surface area contributed by atoms with E-state index in [4.69, 9.17) is 0 Å². The molecule has 2 aliphatic rings. The molecule has 8 heteroatoms. The molecule has 2 N–H and O–H groups in total. The molecule has 0 unspecified atom stereocenters. The van der Waals surface area contributed by atoms with Crippen molar-refractivity contribution in [1.82, 2.24) is 30.3 Å². The number of aromatic amines is 1. The van der Waals surface area contributed by atoms with Crippen LogP contribution in [0.5, 0.6) is 0 Å². The first-order valence-electron chi connectivity index (χ1n) is 13.3. The average Bonchev–Trinajstić information content (AvgIpc) is 3.24. The van der Waals surface area contributed by atoms with Gasteiger partial charge < -0.3 is 15.1 Å². The molecule has 2 aromatic carbocycles. The van der Waals surface area contributed by atoms with Crippen LogP contribution in [0.1, 0.15) is 34.0 Å². The fraction of sp³-hybridized carbons (Fsp3) is 0.333. The van der Waals surface area contributed by atoms with Crippen LogP contribution in [0.15, 0.2) is 48.7 Å². The van der Waals surface area contributed by atoms with Crippen molar-refractivity contribution in [3.05, 3.63) is 70.9 Å². The Morgan fingerprint density at radius 3 is 2.37 bits per heavy atom. The quantitative estimate of drug-likeness (QED) is 0.441. The minimum atomic E-state index is 0.0867. The zero-order valence-corrected chi connectivity index (χ0v) is 21.9. The Bertz CT molecular complexity index is 1540. The molecule has 1 fully saturated rings. The predicted octanol–water partition coefficient (Wildman–Crippen LogP) is 3.59. The maximum atomic E-state index is 13.1. The third-order valence-corrected chi connectivity index (χ3v) is 7.85. The first kappa shape index (κ1) is 24.3. The van der Waals surface area contributed by atoms with E-state index in [9.17, 15) is 9.59 Å². The van der Waals surface area contributed by atoms with E-state index in [1.165, 1.54) is 11.1 Å². The van der Waals surface area contributed by atoms with E-state index in [2.05, 4.69) is 50.8 Å². The summed E-state index contributed by atoms with van der Waals surface area (Å²) >= 11 is 0. The van der Waals surface area contributed by atoms with E-state index >= 15 is 0 Å². The van der Waals surface area contributed by atoms with Gasteiger partial charge in [-0.3, -0.25) is 14.7 Å². The predicted molar refractivity (Wildman–Crippen MR) is 148 cm³/mol. The van der Waals surface area contributed by atoms with Gasteiger partial charge in [0.1, 0.15) is 0 Å². The lowest BCUT2D eigenvalue weighted by molar-refractivity contribution is -0.128. The summed E-state index contributed by atoms with van der Waals surface area (Å²) in [5, 5.41) is 11.9. The van der Waals surface area contributed by atoms with Gasteiger partial charge >= 0.3 is 0 Å². The number of hydrogen-bond acceptors (Lipinski definition) is 5. The zero-order chi connectivity index (χ0) is 26.2. The molecule has 1 saturated heterocycles. The molecule has 0 atom stereocenters. The number of nitrogens with one attached hydrogen (secondary N) is 2. The van der Waals surface area contributed by atoms with Gasteiger partial charge in [-0.05, 0) is 60.2 Å². The minimum absolute atomic E-state index is 0.0867. The number of carbonyl (C=O) groups is 2. The number of aryl methyl sites for hydroxylation is 1. The summed E-state index contributed by atoms with van der Waals surface area (Å²) in [6.07, 6.45) is 3.60. The van der Waals surface area contributed by atoms with Crippen LogP contribution in [-0.2, 0) is 17.6 Å².